The summed E-state index contributed by atoms with van der Waals surface area (Å²) in [5, 5.41) is 10.4. The largest absolute Gasteiger partial charge is 0.497 e. The Hall–Kier alpha value is -2.00. The summed E-state index contributed by atoms with van der Waals surface area (Å²) in [4.78, 5) is 0. The zero-order valence-electron chi connectivity index (χ0n) is 12.1. The van der Waals surface area contributed by atoms with Crippen molar-refractivity contribution < 1.29 is 14.6 Å². The van der Waals surface area contributed by atoms with Crippen LogP contribution >= 0.6 is 0 Å². The summed E-state index contributed by atoms with van der Waals surface area (Å²) in [6.45, 7) is 2.03. The highest BCUT2D eigenvalue weighted by Gasteiger charge is 2.12. The molecule has 3 nitrogen and oxygen atoms in total. The quantitative estimate of drug-likeness (QED) is 0.907. The highest BCUT2D eigenvalue weighted by Crippen LogP contribution is 2.26. The van der Waals surface area contributed by atoms with Crippen molar-refractivity contribution in [3.63, 3.8) is 0 Å². The van der Waals surface area contributed by atoms with Gasteiger partial charge in [0.1, 0.15) is 11.5 Å². The second kappa shape index (κ2) is 6.44. The molecular weight excluding hydrogens is 252 g/mol. The summed E-state index contributed by atoms with van der Waals surface area (Å²) >= 11 is 0. The zero-order chi connectivity index (χ0) is 14.5. The van der Waals surface area contributed by atoms with Gasteiger partial charge >= 0.3 is 0 Å². The normalized spacial score (nSPS) is 12.0. The molecule has 0 spiro atoms. The third kappa shape index (κ3) is 3.31. The summed E-state index contributed by atoms with van der Waals surface area (Å²) in [6, 6.07) is 13.5. The Morgan fingerprint density at radius 1 is 1.00 bits per heavy atom. The van der Waals surface area contributed by atoms with Crippen LogP contribution in [-0.2, 0) is 6.42 Å². The van der Waals surface area contributed by atoms with E-state index in [2.05, 4.69) is 0 Å². The van der Waals surface area contributed by atoms with Gasteiger partial charge < -0.3 is 14.6 Å². The van der Waals surface area contributed by atoms with Crippen LogP contribution in [0.4, 0.5) is 0 Å². The van der Waals surface area contributed by atoms with E-state index in [9.17, 15) is 5.11 Å². The van der Waals surface area contributed by atoms with E-state index < -0.39 is 6.10 Å². The Labute approximate surface area is 119 Å². The summed E-state index contributed by atoms with van der Waals surface area (Å²) in [5.74, 6) is 1.59. The molecule has 0 aliphatic heterocycles. The first-order chi connectivity index (χ1) is 9.63. The average molecular weight is 272 g/mol. The fraction of sp³-hybridized carbons (Fsp3) is 0.294. The van der Waals surface area contributed by atoms with Crippen LogP contribution in [0, 0.1) is 6.92 Å². The van der Waals surface area contributed by atoms with Crippen molar-refractivity contribution >= 4 is 0 Å². The number of hydrogen-bond acceptors (Lipinski definition) is 3. The van der Waals surface area contributed by atoms with Crippen LogP contribution < -0.4 is 9.47 Å². The maximum Gasteiger partial charge on any atom is 0.122 e. The van der Waals surface area contributed by atoms with Crippen LogP contribution in [0.15, 0.2) is 42.5 Å². The second-order valence-electron chi connectivity index (χ2n) is 4.81. The molecule has 0 bridgehead atoms. The SMILES string of the molecule is COc1ccc(C(O)Cc2cc(C)ccc2OC)cc1. The van der Waals surface area contributed by atoms with Crippen LogP contribution in [0.3, 0.4) is 0 Å². The van der Waals surface area contributed by atoms with Gasteiger partial charge in [-0.2, -0.15) is 0 Å². The van der Waals surface area contributed by atoms with Gasteiger partial charge in [-0.05, 0) is 36.2 Å². The summed E-state index contributed by atoms with van der Waals surface area (Å²) in [5.41, 5.74) is 3.04. The minimum absolute atomic E-state index is 0.525. The van der Waals surface area contributed by atoms with E-state index in [-0.39, 0.29) is 0 Å². The van der Waals surface area contributed by atoms with Crippen LogP contribution in [0.5, 0.6) is 11.5 Å². The molecule has 1 N–H and O–H groups in total. The van der Waals surface area contributed by atoms with Crippen LogP contribution in [0.2, 0.25) is 0 Å². The molecule has 0 saturated heterocycles. The Balaban J connectivity index is 2.17. The molecule has 1 unspecified atom stereocenters. The van der Waals surface area contributed by atoms with Crippen molar-refractivity contribution in [3.8, 4) is 11.5 Å². The molecule has 1 atom stereocenters. The molecule has 2 aromatic rings. The minimum atomic E-state index is -0.559. The van der Waals surface area contributed by atoms with Gasteiger partial charge in [-0.15, -0.1) is 0 Å². The van der Waals surface area contributed by atoms with Crippen molar-refractivity contribution in [1.82, 2.24) is 0 Å². The first kappa shape index (κ1) is 14.4. The number of aryl methyl sites for hydroxylation is 1. The van der Waals surface area contributed by atoms with Crippen molar-refractivity contribution in [3.05, 3.63) is 59.2 Å². The molecule has 3 heteroatoms. The van der Waals surface area contributed by atoms with E-state index >= 15 is 0 Å². The molecule has 106 valence electrons. The van der Waals surface area contributed by atoms with Crippen LogP contribution in [-0.4, -0.2) is 19.3 Å². The van der Waals surface area contributed by atoms with Crippen LogP contribution in [0.25, 0.3) is 0 Å². The Kier molecular flexibility index (Phi) is 4.64. The maximum atomic E-state index is 10.4. The number of aliphatic hydroxyl groups excluding tert-OH is 1. The lowest BCUT2D eigenvalue weighted by Crippen LogP contribution is -2.03. The van der Waals surface area contributed by atoms with Crippen LogP contribution in [0.1, 0.15) is 22.8 Å². The van der Waals surface area contributed by atoms with Crippen molar-refractivity contribution in [1.29, 1.82) is 0 Å². The van der Waals surface area contributed by atoms with Gasteiger partial charge in [0.15, 0.2) is 0 Å². The van der Waals surface area contributed by atoms with Gasteiger partial charge in [-0.25, -0.2) is 0 Å². The molecule has 0 aliphatic carbocycles. The second-order valence-corrected chi connectivity index (χ2v) is 4.81. The molecular formula is C17H20O3. The number of ether oxygens (including phenoxy) is 2. The predicted octanol–water partition coefficient (Wildman–Crippen LogP) is 3.29. The van der Waals surface area contributed by atoms with E-state index in [0.717, 1.165) is 28.2 Å². The molecule has 2 aromatic carbocycles. The molecule has 0 fully saturated rings. The fourth-order valence-electron chi connectivity index (χ4n) is 2.22. The Morgan fingerprint density at radius 3 is 2.30 bits per heavy atom. The Morgan fingerprint density at radius 2 is 1.70 bits per heavy atom. The predicted molar refractivity (Wildman–Crippen MR) is 79.4 cm³/mol. The van der Waals surface area contributed by atoms with Gasteiger partial charge in [0.05, 0.1) is 20.3 Å². The number of methoxy groups -OCH3 is 2. The smallest absolute Gasteiger partial charge is 0.122 e. The average Bonchev–Trinajstić information content (AvgIpc) is 2.47. The number of benzene rings is 2. The lowest BCUT2D eigenvalue weighted by molar-refractivity contribution is 0.177. The van der Waals surface area contributed by atoms with Gasteiger partial charge in [0, 0.05) is 6.42 Å². The number of aliphatic hydroxyl groups is 1. The van der Waals surface area contributed by atoms with Gasteiger partial charge in [0.25, 0.3) is 0 Å². The molecule has 0 aliphatic rings. The first-order valence-electron chi connectivity index (χ1n) is 6.59. The molecule has 0 radical (unpaired) electrons. The van der Waals surface area contributed by atoms with Crippen molar-refractivity contribution in [2.75, 3.05) is 14.2 Å². The standard InChI is InChI=1S/C17H20O3/c1-12-4-9-17(20-3)14(10-12)11-16(18)13-5-7-15(19-2)8-6-13/h4-10,16,18H,11H2,1-3H3. The maximum absolute atomic E-state index is 10.4. The molecule has 20 heavy (non-hydrogen) atoms. The lowest BCUT2D eigenvalue weighted by Gasteiger charge is -2.15. The summed E-state index contributed by atoms with van der Waals surface area (Å²) < 4.78 is 10.5. The highest BCUT2D eigenvalue weighted by atomic mass is 16.5. The number of rotatable bonds is 5. The topological polar surface area (TPSA) is 38.7 Å². The summed E-state index contributed by atoms with van der Waals surface area (Å²) in [7, 11) is 3.27. The molecule has 0 aromatic heterocycles. The van der Waals surface area contributed by atoms with E-state index in [1.807, 2.05) is 49.4 Å². The van der Waals surface area contributed by atoms with Gasteiger partial charge in [0.2, 0.25) is 0 Å². The molecule has 0 saturated carbocycles. The van der Waals surface area contributed by atoms with E-state index in [4.69, 9.17) is 9.47 Å². The lowest BCUT2D eigenvalue weighted by atomic mass is 9.99. The van der Waals surface area contributed by atoms with E-state index in [0.29, 0.717) is 6.42 Å². The summed E-state index contributed by atoms with van der Waals surface area (Å²) in [6.07, 6.45) is -0.0337. The molecule has 0 heterocycles. The van der Waals surface area contributed by atoms with Crippen molar-refractivity contribution in [2.24, 2.45) is 0 Å². The van der Waals surface area contributed by atoms with Gasteiger partial charge in [-0.1, -0.05) is 29.8 Å². The van der Waals surface area contributed by atoms with Crippen molar-refractivity contribution in [2.45, 2.75) is 19.4 Å². The fourth-order valence-corrected chi connectivity index (χ4v) is 2.22. The van der Waals surface area contributed by atoms with E-state index in [1.54, 1.807) is 14.2 Å². The van der Waals surface area contributed by atoms with Gasteiger partial charge in [-0.3, -0.25) is 0 Å². The number of hydrogen-bond donors (Lipinski definition) is 1. The molecule has 0 amide bonds. The highest BCUT2D eigenvalue weighted by molar-refractivity contribution is 5.38. The minimum Gasteiger partial charge on any atom is -0.497 e. The monoisotopic (exact) mass is 272 g/mol. The first-order valence-corrected chi connectivity index (χ1v) is 6.59. The zero-order valence-corrected chi connectivity index (χ0v) is 12.1. The van der Waals surface area contributed by atoms with E-state index in [1.165, 1.54) is 0 Å². The third-order valence-corrected chi connectivity index (χ3v) is 3.35. The Bertz CT molecular complexity index is 561. The molecule has 2 rings (SSSR count). The third-order valence-electron chi connectivity index (χ3n) is 3.35.